The van der Waals surface area contributed by atoms with E-state index in [0.29, 0.717) is 5.56 Å². The maximum absolute atomic E-state index is 12.6. The van der Waals surface area contributed by atoms with Gasteiger partial charge in [0.1, 0.15) is 0 Å². The van der Waals surface area contributed by atoms with E-state index in [1.165, 1.54) is 0 Å². The van der Waals surface area contributed by atoms with Gasteiger partial charge in [-0.25, -0.2) is 0 Å². The summed E-state index contributed by atoms with van der Waals surface area (Å²) in [5.74, 6) is -0.534. The van der Waals surface area contributed by atoms with Crippen molar-refractivity contribution in [1.82, 2.24) is 10.2 Å². The Balaban J connectivity index is 1.98. The number of rotatable bonds is 7. The zero-order chi connectivity index (χ0) is 17.7. The van der Waals surface area contributed by atoms with Gasteiger partial charge in [0.25, 0.3) is 0 Å². The molecule has 1 N–H and O–H groups in total. The Labute approximate surface area is 144 Å². The maximum Gasteiger partial charge on any atom is 0.226 e. The van der Waals surface area contributed by atoms with Crippen LogP contribution < -0.4 is 5.32 Å². The number of hydrogen-bond donors (Lipinski definition) is 1. The minimum Gasteiger partial charge on any atom is -0.379 e. The first-order chi connectivity index (χ1) is 11.5. The molecule has 0 bridgehead atoms. The molecule has 0 aliphatic carbocycles. The number of hydrogen-bond acceptors (Lipinski definition) is 4. The number of nitrogens with zero attached hydrogens (tertiary/aromatic N) is 1. The summed E-state index contributed by atoms with van der Waals surface area (Å²) in [6, 6.07) is 8.73. The topological polar surface area (TPSA) is 58.6 Å². The minimum absolute atomic E-state index is 0.0805. The van der Waals surface area contributed by atoms with Crippen molar-refractivity contribution in [2.24, 2.45) is 5.92 Å². The number of likely N-dealkylation sites (tertiary alicyclic amines) is 1. The summed E-state index contributed by atoms with van der Waals surface area (Å²) in [6.45, 7) is 4.63. The number of ketones is 1. The van der Waals surface area contributed by atoms with Crippen LogP contribution in [0.4, 0.5) is 0 Å². The van der Waals surface area contributed by atoms with E-state index in [1.807, 2.05) is 25.1 Å². The van der Waals surface area contributed by atoms with Crippen molar-refractivity contribution in [3.8, 4) is 0 Å². The molecule has 1 saturated heterocycles. The van der Waals surface area contributed by atoms with Crippen LogP contribution in [-0.4, -0.2) is 55.5 Å². The highest BCUT2D eigenvalue weighted by atomic mass is 16.5. The van der Waals surface area contributed by atoms with Crippen molar-refractivity contribution >= 4 is 11.7 Å². The van der Waals surface area contributed by atoms with Gasteiger partial charge in [0.15, 0.2) is 5.78 Å². The van der Waals surface area contributed by atoms with Gasteiger partial charge in [0.05, 0.1) is 18.1 Å². The fourth-order valence-corrected chi connectivity index (χ4v) is 3.46. The number of carbonyl (C=O) groups excluding carboxylic acids is 2. The van der Waals surface area contributed by atoms with Crippen molar-refractivity contribution < 1.29 is 14.3 Å². The largest absolute Gasteiger partial charge is 0.379 e. The molecule has 0 spiro atoms. The van der Waals surface area contributed by atoms with Gasteiger partial charge >= 0.3 is 0 Å². The second-order valence-corrected chi connectivity index (χ2v) is 6.64. The fourth-order valence-electron chi connectivity index (χ4n) is 3.46. The van der Waals surface area contributed by atoms with Crippen LogP contribution in [0.3, 0.4) is 0 Å². The average Bonchev–Trinajstić information content (AvgIpc) is 3.01. The molecule has 1 amide bonds. The maximum atomic E-state index is 12.6. The second-order valence-electron chi connectivity index (χ2n) is 6.64. The lowest BCUT2D eigenvalue weighted by Gasteiger charge is -2.32. The van der Waals surface area contributed by atoms with Crippen LogP contribution in [0.25, 0.3) is 0 Å². The number of ether oxygens (including phenoxy) is 1. The predicted molar refractivity (Wildman–Crippen MR) is 94.0 cm³/mol. The molecule has 1 fully saturated rings. The van der Waals surface area contributed by atoms with Crippen LogP contribution in [0.2, 0.25) is 0 Å². The highest BCUT2D eigenvalue weighted by molar-refractivity contribution is 6.01. The Morgan fingerprint density at radius 1 is 1.25 bits per heavy atom. The van der Waals surface area contributed by atoms with E-state index in [4.69, 9.17) is 4.74 Å². The molecule has 0 unspecified atom stereocenters. The van der Waals surface area contributed by atoms with E-state index in [1.54, 1.807) is 26.2 Å². The van der Waals surface area contributed by atoms with Gasteiger partial charge in [0, 0.05) is 18.7 Å². The van der Waals surface area contributed by atoms with Crippen molar-refractivity contribution in [3.05, 3.63) is 35.9 Å². The minimum atomic E-state index is -0.554. The first-order valence-corrected chi connectivity index (χ1v) is 8.58. The third kappa shape index (κ3) is 4.22. The standard InChI is InChI=1S/C19H28N2O3/c1-13(18(24-4)16-11-8-12-21(16)3)19(23)20-14(2)17(22)15-9-6-5-7-10-15/h5-7,9-10,13-14,16,18H,8,11-12H2,1-4H3,(H,20,23)/t13-,14-,16+,18-/m1/s1. The van der Waals surface area contributed by atoms with Crippen LogP contribution >= 0.6 is 0 Å². The zero-order valence-corrected chi connectivity index (χ0v) is 15.0. The van der Waals surface area contributed by atoms with E-state index >= 15 is 0 Å². The SMILES string of the molecule is CO[C@H]([C@@H](C)C(=O)N[C@H](C)C(=O)c1ccccc1)[C@@H]1CCCN1C. The Hall–Kier alpha value is -1.72. The van der Waals surface area contributed by atoms with Gasteiger partial charge < -0.3 is 15.0 Å². The molecular formula is C19H28N2O3. The van der Waals surface area contributed by atoms with Gasteiger partial charge in [-0.2, -0.15) is 0 Å². The Morgan fingerprint density at radius 2 is 1.92 bits per heavy atom. The van der Waals surface area contributed by atoms with E-state index < -0.39 is 6.04 Å². The van der Waals surface area contributed by atoms with Gasteiger partial charge in [-0.05, 0) is 33.4 Å². The van der Waals surface area contributed by atoms with Crippen LogP contribution in [0.5, 0.6) is 0 Å². The van der Waals surface area contributed by atoms with Gasteiger partial charge in [-0.3, -0.25) is 9.59 Å². The van der Waals surface area contributed by atoms with Crippen LogP contribution in [0.15, 0.2) is 30.3 Å². The van der Waals surface area contributed by atoms with Crippen molar-refractivity contribution in [1.29, 1.82) is 0 Å². The van der Waals surface area contributed by atoms with Crippen molar-refractivity contribution in [2.45, 2.75) is 44.9 Å². The van der Waals surface area contributed by atoms with E-state index in [2.05, 4.69) is 17.3 Å². The summed E-state index contributed by atoms with van der Waals surface area (Å²) < 4.78 is 5.63. The monoisotopic (exact) mass is 332 g/mol. The smallest absolute Gasteiger partial charge is 0.226 e. The molecule has 1 aliphatic heterocycles. The molecular weight excluding hydrogens is 304 g/mol. The summed E-state index contributed by atoms with van der Waals surface area (Å²) in [6.07, 6.45) is 1.99. The predicted octanol–water partition coefficient (Wildman–Crippen LogP) is 2.12. The highest BCUT2D eigenvalue weighted by Gasteiger charge is 2.36. The molecule has 5 heteroatoms. The Kier molecular flexibility index (Phi) is 6.52. The third-order valence-corrected chi connectivity index (χ3v) is 4.94. The van der Waals surface area contributed by atoms with Crippen LogP contribution in [-0.2, 0) is 9.53 Å². The first kappa shape index (κ1) is 18.6. The highest BCUT2D eigenvalue weighted by Crippen LogP contribution is 2.24. The van der Waals surface area contributed by atoms with Crippen molar-refractivity contribution in [2.75, 3.05) is 20.7 Å². The molecule has 0 saturated carbocycles. The summed E-state index contributed by atoms with van der Waals surface area (Å²) >= 11 is 0. The quantitative estimate of drug-likeness (QED) is 0.777. The van der Waals surface area contributed by atoms with Gasteiger partial charge in [0.2, 0.25) is 5.91 Å². The number of amides is 1. The Bertz CT molecular complexity index is 561. The molecule has 4 atom stereocenters. The summed E-state index contributed by atoms with van der Waals surface area (Å²) in [4.78, 5) is 27.2. The molecule has 1 heterocycles. The molecule has 1 aromatic carbocycles. The average molecular weight is 332 g/mol. The van der Waals surface area contributed by atoms with Gasteiger partial charge in [-0.15, -0.1) is 0 Å². The number of benzene rings is 1. The number of methoxy groups -OCH3 is 1. The number of Topliss-reactive ketones (excluding diaryl/α,β-unsaturated/α-hetero) is 1. The normalized spacial score (nSPS) is 21.9. The lowest BCUT2D eigenvalue weighted by molar-refractivity contribution is -0.130. The molecule has 2 rings (SSSR count). The van der Waals surface area contributed by atoms with Crippen LogP contribution in [0, 0.1) is 5.92 Å². The molecule has 5 nitrogen and oxygen atoms in total. The van der Waals surface area contributed by atoms with E-state index in [9.17, 15) is 9.59 Å². The summed E-state index contributed by atoms with van der Waals surface area (Å²) in [7, 11) is 3.72. The van der Waals surface area contributed by atoms with E-state index in [0.717, 1.165) is 19.4 Å². The molecule has 1 aliphatic rings. The third-order valence-electron chi connectivity index (χ3n) is 4.94. The van der Waals surface area contributed by atoms with E-state index in [-0.39, 0.29) is 29.8 Å². The molecule has 1 aromatic rings. The molecule has 132 valence electrons. The lowest BCUT2D eigenvalue weighted by Crippen LogP contribution is -2.49. The fraction of sp³-hybridized carbons (Fsp3) is 0.579. The number of nitrogens with one attached hydrogen (secondary N) is 1. The number of carbonyl (C=O) groups is 2. The molecule has 24 heavy (non-hydrogen) atoms. The van der Waals surface area contributed by atoms with Crippen LogP contribution in [0.1, 0.15) is 37.0 Å². The second kappa shape index (κ2) is 8.40. The zero-order valence-electron chi connectivity index (χ0n) is 15.0. The van der Waals surface area contributed by atoms with Gasteiger partial charge in [-0.1, -0.05) is 37.3 Å². The number of likely N-dealkylation sites (N-methyl/N-ethyl adjacent to an activating group) is 1. The first-order valence-electron chi connectivity index (χ1n) is 8.58. The summed E-state index contributed by atoms with van der Waals surface area (Å²) in [5, 5.41) is 2.84. The van der Waals surface area contributed by atoms with Crippen molar-refractivity contribution in [3.63, 3.8) is 0 Å². The Morgan fingerprint density at radius 3 is 2.46 bits per heavy atom. The summed E-state index contributed by atoms with van der Waals surface area (Å²) in [5.41, 5.74) is 0.608. The molecule has 0 aromatic heterocycles. The molecule has 0 radical (unpaired) electrons. The lowest BCUT2D eigenvalue weighted by atomic mass is 9.94.